The average molecular weight is 418 g/mol. The van der Waals surface area contributed by atoms with Crippen molar-refractivity contribution < 1.29 is 29.0 Å². The van der Waals surface area contributed by atoms with E-state index in [0.717, 1.165) is 16.7 Å². The molecule has 2 heterocycles. The molecular weight excluding hydrogens is 406 g/mol. The molecule has 28 heavy (non-hydrogen) atoms. The number of fused-ring (bicyclic) bond motifs is 1. The third kappa shape index (κ3) is 3.44. The van der Waals surface area contributed by atoms with Crippen molar-refractivity contribution in [1.82, 2.24) is 4.90 Å². The molecule has 9 heteroatoms. The summed E-state index contributed by atoms with van der Waals surface area (Å²) in [7, 11) is 0. The van der Waals surface area contributed by atoms with Gasteiger partial charge in [0.25, 0.3) is 11.1 Å². The number of nitrogens with zero attached hydrogens (tertiary/aromatic N) is 1. The van der Waals surface area contributed by atoms with E-state index in [1.54, 1.807) is 30.3 Å². The van der Waals surface area contributed by atoms with Gasteiger partial charge in [0.1, 0.15) is 0 Å². The number of ether oxygens (including phenoxy) is 2. The second kappa shape index (κ2) is 7.21. The van der Waals surface area contributed by atoms with Crippen LogP contribution in [-0.4, -0.2) is 33.9 Å². The molecule has 2 aromatic carbocycles. The van der Waals surface area contributed by atoms with E-state index in [4.69, 9.17) is 26.2 Å². The minimum absolute atomic E-state index is 0.00936. The number of carbonyl (C=O) groups excluding carboxylic acids is 2. The molecule has 1 saturated heterocycles. The van der Waals surface area contributed by atoms with Gasteiger partial charge in [-0.3, -0.25) is 14.5 Å². The van der Waals surface area contributed by atoms with E-state index in [1.165, 1.54) is 12.1 Å². The Kier molecular flexibility index (Phi) is 4.74. The maximum Gasteiger partial charge on any atom is 0.335 e. The van der Waals surface area contributed by atoms with Crippen LogP contribution in [0.25, 0.3) is 6.08 Å². The summed E-state index contributed by atoms with van der Waals surface area (Å²) in [5, 5.41) is 8.90. The predicted octanol–water partition coefficient (Wildman–Crippen LogP) is 4.00. The quantitative estimate of drug-likeness (QED) is 0.751. The molecule has 2 amide bonds. The molecular formula is C19H12ClNO6S. The first-order valence-corrected chi connectivity index (χ1v) is 9.28. The molecule has 4 rings (SSSR count). The largest absolute Gasteiger partial charge is 0.478 e. The summed E-state index contributed by atoms with van der Waals surface area (Å²) in [4.78, 5) is 37.3. The molecule has 0 bridgehead atoms. The van der Waals surface area contributed by atoms with Crippen LogP contribution in [-0.2, 0) is 11.3 Å². The Balaban J connectivity index is 1.55. The lowest BCUT2D eigenvalue weighted by Crippen LogP contribution is -2.27. The standard InChI is InChI=1S/C19H12ClNO6S/c20-13-7-15-14(26-9-27-15)6-12(13)8-21-17(22)16(28-19(21)25)5-10-1-3-11(4-2-10)18(23)24/h1-7H,8-9H2,(H,23,24)/b16-5-. The first-order chi connectivity index (χ1) is 13.4. The van der Waals surface area contributed by atoms with Gasteiger partial charge in [-0.25, -0.2) is 4.79 Å². The summed E-state index contributed by atoms with van der Waals surface area (Å²) in [5.74, 6) is -0.438. The summed E-state index contributed by atoms with van der Waals surface area (Å²) >= 11 is 7.05. The summed E-state index contributed by atoms with van der Waals surface area (Å²) in [6.07, 6.45) is 1.55. The minimum atomic E-state index is -1.03. The molecule has 0 aromatic heterocycles. The summed E-state index contributed by atoms with van der Waals surface area (Å²) < 4.78 is 10.6. The lowest BCUT2D eigenvalue weighted by Gasteiger charge is -2.14. The van der Waals surface area contributed by atoms with Crippen molar-refractivity contribution in [3.8, 4) is 11.5 Å². The zero-order valence-corrected chi connectivity index (χ0v) is 15.7. The van der Waals surface area contributed by atoms with Crippen LogP contribution < -0.4 is 9.47 Å². The fourth-order valence-electron chi connectivity index (χ4n) is 2.76. The summed E-state index contributed by atoms with van der Waals surface area (Å²) in [6, 6.07) is 9.27. The number of imide groups is 1. The fraction of sp³-hybridized carbons (Fsp3) is 0.105. The zero-order chi connectivity index (χ0) is 19.8. The minimum Gasteiger partial charge on any atom is -0.478 e. The van der Waals surface area contributed by atoms with Crippen LogP contribution >= 0.6 is 23.4 Å². The van der Waals surface area contributed by atoms with Crippen LogP contribution in [0.5, 0.6) is 11.5 Å². The van der Waals surface area contributed by atoms with Crippen LogP contribution in [0.15, 0.2) is 41.3 Å². The molecule has 2 aliphatic rings. The molecule has 0 unspecified atom stereocenters. The second-order valence-electron chi connectivity index (χ2n) is 5.99. The lowest BCUT2D eigenvalue weighted by atomic mass is 10.1. The van der Waals surface area contributed by atoms with Gasteiger partial charge in [-0.2, -0.15) is 0 Å². The molecule has 0 spiro atoms. The van der Waals surface area contributed by atoms with Gasteiger partial charge < -0.3 is 14.6 Å². The first-order valence-electron chi connectivity index (χ1n) is 8.09. The molecule has 2 aromatic rings. The number of thioether (sulfide) groups is 1. The van der Waals surface area contributed by atoms with Gasteiger partial charge in [-0.15, -0.1) is 0 Å². The fourth-order valence-corrected chi connectivity index (χ4v) is 3.81. The highest BCUT2D eigenvalue weighted by molar-refractivity contribution is 8.18. The third-order valence-corrected chi connectivity index (χ3v) is 5.46. The number of aromatic carboxylic acids is 1. The number of carboxylic acid groups (broad SMARTS) is 1. The molecule has 0 aliphatic carbocycles. The van der Waals surface area contributed by atoms with Crippen LogP contribution in [0, 0.1) is 0 Å². The number of halogens is 1. The summed E-state index contributed by atoms with van der Waals surface area (Å²) in [6.45, 7) is 0.107. The number of benzene rings is 2. The van der Waals surface area contributed by atoms with Crippen molar-refractivity contribution >= 4 is 46.6 Å². The van der Waals surface area contributed by atoms with Crippen LogP contribution in [0.3, 0.4) is 0 Å². The van der Waals surface area contributed by atoms with Crippen molar-refractivity contribution in [3.63, 3.8) is 0 Å². The molecule has 1 fully saturated rings. The van der Waals surface area contributed by atoms with Crippen molar-refractivity contribution in [2.24, 2.45) is 0 Å². The van der Waals surface area contributed by atoms with E-state index in [0.29, 0.717) is 27.6 Å². The highest BCUT2D eigenvalue weighted by Crippen LogP contribution is 2.39. The van der Waals surface area contributed by atoms with Crippen LogP contribution in [0.1, 0.15) is 21.5 Å². The van der Waals surface area contributed by atoms with Gasteiger partial charge in [0, 0.05) is 11.1 Å². The number of carboxylic acids is 1. The molecule has 7 nitrogen and oxygen atoms in total. The number of hydrogen-bond donors (Lipinski definition) is 1. The van der Waals surface area contributed by atoms with E-state index >= 15 is 0 Å². The Morgan fingerprint density at radius 1 is 1.18 bits per heavy atom. The number of amides is 2. The van der Waals surface area contributed by atoms with Gasteiger partial charge in [-0.05, 0) is 47.2 Å². The predicted molar refractivity (Wildman–Crippen MR) is 102 cm³/mol. The number of hydrogen-bond acceptors (Lipinski definition) is 6. The first kappa shape index (κ1) is 18.4. The van der Waals surface area contributed by atoms with E-state index in [9.17, 15) is 14.4 Å². The van der Waals surface area contributed by atoms with Crippen LogP contribution in [0.2, 0.25) is 5.02 Å². The monoisotopic (exact) mass is 417 g/mol. The molecule has 0 saturated carbocycles. The third-order valence-electron chi connectivity index (χ3n) is 4.20. The average Bonchev–Trinajstić information content (AvgIpc) is 3.21. The van der Waals surface area contributed by atoms with E-state index < -0.39 is 17.1 Å². The number of carbonyl (C=O) groups is 3. The maximum atomic E-state index is 12.7. The zero-order valence-electron chi connectivity index (χ0n) is 14.2. The summed E-state index contributed by atoms with van der Waals surface area (Å²) in [5.41, 5.74) is 1.33. The van der Waals surface area contributed by atoms with Gasteiger partial charge in [0.2, 0.25) is 6.79 Å². The molecule has 0 atom stereocenters. The van der Waals surface area contributed by atoms with Crippen molar-refractivity contribution in [3.05, 3.63) is 63.0 Å². The maximum absolute atomic E-state index is 12.7. The van der Waals surface area contributed by atoms with Gasteiger partial charge >= 0.3 is 5.97 Å². The van der Waals surface area contributed by atoms with Gasteiger partial charge in [0.15, 0.2) is 11.5 Å². The Morgan fingerprint density at radius 2 is 1.86 bits per heavy atom. The molecule has 142 valence electrons. The van der Waals surface area contributed by atoms with Crippen molar-refractivity contribution in [1.29, 1.82) is 0 Å². The second-order valence-corrected chi connectivity index (χ2v) is 7.39. The van der Waals surface area contributed by atoms with Gasteiger partial charge in [0.05, 0.1) is 17.0 Å². The topological polar surface area (TPSA) is 93.1 Å². The van der Waals surface area contributed by atoms with E-state index in [2.05, 4.69) is 0 Å². The molecule has 1 N–H and O–H groups in total. The van der Waals surface area contributed by atoms with Crippen molar-refractivity contribution in [2.45, 2.75) is 6.54 Å². The molecule has 0 radical (unpaired) electrons. The van der Waals surface area contributed by atoms with E-state index in [1.807, 2.05) is 0 Å². The Labute approximate surface area is 168 Å². The highest BCUT2D eigenvalue weighted by Gasteiger charge is 2.35. The Bertz CT molecular complexity index is 1030. The Morgan fingerprint density at radius 3 is 2.54 bits per heavy atom. The van der Waals surface area contributed by atoms with E-state index in [-0.39, 0.29) is 23.8 Å². The smallest absolute Gasteiger partial charge is 0.335 e. The molecule has 2 aliphatic heterocycles. The number of rotatable bonds is 4. The normalized spacial score (nSPS) is 16.9. The highest BCUT2D eigenvalue weighted by atomic mass is 35.5. The SMILES string of the molecule is O=C(O)c1ccc(/C=C2\SC(=O)N(Cc3cc4c(cc3Cl)OCO4)C2=O)cc1. The van der Waals surface area contributed by atoms with Crippen LogP contribution in [0.4, 0.5) is 4.79 Å². The van der Waals surface area contributed by atoms with Gasteiger partial charge in [-0.1, -0.05) is 23.7 Å². The lowest BCUT2D eigenvalue weighted by molar-refractivity contribution is -0.123. The Hall–Kier alpha value is -2.97. The van der Waals surface area contributed by atoms with Crippen molar-refractivity contribution in [2.75, 3.05) is 6.79 Å².